The van der Waals surface area contributed by atoms with Crippen LogP contribution in [0.15, 0.2) is 18.2 Å². The van der Waals surface area contributed by atoms with Crippen molar-refractivity contribution in [2.24, 2.45) is 5.73 Å². The van der Waals surface area contributed by atoms with E-state index >= 15 is 0 Å². The predicted octanol–water partition coefficient (Wildman–Crippen LogP) is 0.154. The molecule has 0 heterocycles. The first-order valence-electron chi connectivity index (χ1n) is 6.45. The highest BCUT2D eigenvalue weighted by atomic mass is 16.3. The van der Waals surface area contributed by atoms with E-state index in [0.717, 1.165) is 6.42 Å². The fraction of sp³-hybridized carbons (Fsp3) is 0.500. The van der Waals surface area contributed by atoms with E-state index < -0.39 is 6.04 Å². The Bertz CT molecular complexity index is 432. The highest BCUT2D eigenvalue weighted by molar-refractivity contribution is 5.81. The molecule has 0 saturated carbocycles. The van der Waals surface area contributed by atoms with E-state index in [1.54, 1.807) is 0 Å². The van der Waals surface area contributed by atoms with Crippen LogP contribution in [0.2, 0.25) is 0 Å². The minimum Gasteiger partial charge on any atom is -0.394 e. The van der Waals surface area contributed by atoms with Crippen LogP contribution in [-0.4, -0.2) is 30.2 Å². The molecule has 1 unspecified atom stereocenters. The van der Waals surface area contributed by atoms with Gasteiger partial charge in [-0.2, -0.15) is 0 Å². The van der Waals surface area contributed by atoms with Crippen molar-refractivity contribution in [1.82, 2.24) is 5.32 Å². The van der Waals surface area contributed by atoms with E-state index in [1.165, 1.54) is 36.0 Å². The summed E-state index contributed by atoms with van der Waals surface area (Å²) in [6.45, 7) is 0.246. The molecule has 1 aliphatic carbocycles. The molecule has 0 aromatic heterocycles. The van der Waals surface area contributed by atoms with Gasteiger partial charge < -0.3 is 16.2 Å². The van der Waals surface area contributed by atoms with Crippen LogP contribution in [0.4, 0.5) is 0 Å². The Hall–Kier alpha value is -1.39. The lowest BCUT2D eigenvalue weighted by molar-refractivity contribution is -0.123. The van der Waals surface area contributed by atoms with Crippen LogP contribution < -0.4 is 11.1 Å². The normalized spacial score (nSPS) is 15.2. The number of fused-ring (bicyclic) bond motifs is 1. The molecule has 1 aromatic carbocycles. The molecule has 1 atom stereocenters. The quantitative estimate of drug-likeness (QED) is 0.694. The molecule has 4 heteroatoms. The van der Waals surface area contributed by atoms with Gasteiger partial charge in [-0.3, -0.25) is 4.79 Å². The third kappa shape index (κ3) is 3.09. The van der Waals surface area contributed by atoms with E-state index in [2.05, 4.69) is 23.5 Å². The van der Waals surface area contributed by atoms with Crippen molar-refractivity contribution < 1.29 is 9.90 Å². The van der Waals surface area contributed by atoms with Crippen molar-refractivity contribution in [3.05, 3.63) is 34.9 Å². The highest BCUT2D eigenvalue weighted by Gasteiger charge is 2.12. The van der Waals surface area contributed by atoms with E-state index in [9.17, 15) is 4.79 Å². The summed E-state index contributed by atoms with van der Waals surface area (Å²) < 4.78 is 0. The molecule has 2 rings (SSSR count). The molecule has 0 spiro atoms. The van der Waals surface area contributed by atoms with Gasteiger partial charge in [-0.15, -0.1) is 0 Å². The maximum absolute atomic E-state index is 11.4. The fourth-order valence-corrected chi connectivity index (χ4v) is 2.32. The maximum Gasteiger partial charge on any atom is 0.239 e. The number of hydrogen-bond acceptors (Lipinski definition) is 3. The summed E-state index contributed by atoms with van der Waals surface area (Å²) in [6, 6.07) is 5.74. The second-order valence-electron chi connectivity index (χ2n) is 4.79. The molecule has 0 fully saturated rings. The number of aryl methyl sites for hydroxylation is 2. The molecule has 0 bridgehead atoms. The van der Waals surface area contributed by atoms with Gasteiger partial charge in [0.25, 0.3) is 0 Å². The zero-order valence-electron chi connectivity index (χ0n) is 10.5. The zero-order valence-corrected chi connectivity index (χ0v) is 10.5. The van der Waals surface area contributed by atoms with Crippen LogP contribution in [0.1, 0.15) is 23.1 Å². The topological polar surface area (TPSA) is 75.3 Å². The van der Waals surface area contributed by atoms with Crippen molar-refractivity contribution in [3.8, 4) is 0 Å². The van der Waals surface area contributed by atoms with E-state index in [1.807, 2.05) is 0 Å². The second-order valence-corrected chi connectivity index (χ2v) is 4.79. The first kappa shape index (κ1) is 13.1. The lowest BCUT2D eigenvalue weighted by Crippen LogP contribution is -2.43. The average molecular weight is 248 g/mol. The predicted molar refractivity (Wildman–Crippen MR) is 70.2 cm³/mol. The Balaban J connectivity index is 1.82. The highest BCUT2D eigenvalue weighted by Crippen LogP contribution is 2.22. The Kier molecular flexibility index (Phi) is 4.33. The second kappa shape index (κ2) is 5.98. The smallest absolute Gasteiger partial charge is 0.239 e. The van der Waals surface area contributed by atoms with Crippen molar-refractivity contribution in [2.45, 2.75) is 31.7 Å². The van der Waals surface area contributed by atoms with Gasteiger partial charge in [-0.05, 0) is 42.4 Å². The van der Waals surface area contributed by atoms with Crippen molar-refractivity contribution in [2.75, 3.05) is 13.2 Å². The zero-order chi connectivity index (χ0) is 13.0. The van der Waals surface area contributed by atoms with Gasteiger partial charge in [0.2, 0.25) is 5.91 Å². The van der Waals surface area contributed by atoms with Gasteiger partial charge in [-0.25, -0.2) is 0 Å². The van der Waals surface area contributed by atoms with Gasteiger partial charge >= 0.3 is 0 Å². The minimum atomic E-state index is -0.815. The summed E-state index contributed by atoms with van der Waals surface area (Å²) in [7, 11) is 0. The lowest BCUT2D eigenvalue weighted by Gasteiger charge is -2.10. The number of amides is 1. The standard InChI is InChI=1S/C14H20N2O2/c15-13(9-17)14(18)16-7-6-10-4-5-11-2-1-3-12(11)8-10/h4-5,8,13,17H,1-3,6-7,9,15H2,(H,16,18). The van der Waals surface area contributed by atoms with Gasteiger partial charge in [0.05, 0.1) is 6.61 Å². The summed E-state index contributed by atoms with van der Waals surface area (Å²) >= 11 is 0. The first-order chi connectivity index (χ1) is 8.70. The van der Waals surface area contributed by atoms with Gasteiger partial charge in [0, 0.05) is 6.54 Å². The number of rotatable bonds is 5. The number of aliphatic hydroxyl groups is 1. The molecule has 1 aromatic rings. The third-order valence-electron chi connectivity index (χ3n) is 3.41. The molecular formula is C14H20N2O2. The van der Waals surface area contributed by atoms with Crippen molar-refractivity contribution >= 4 is 5.91 Å². The Morgan fingerprint density at radius 1 is 1.39 bits per heavy atom. The number of aliphatic hydroxyl groups excluding tert-OH is 1. The molecule has 0 aliphatic heterocycles. The molecule has 4 N–H and O–H groups in total. The van der Waals surface area contributed by atoms with Crippen molar-refractivity contribution in [1.29, 1.82) is 0 Å². The largest absolute Gasteiger partial charge is 0.394 e. The van der Waals surface area contributed by atoms with Crippen molar-refractivity contribution in [3.63, 3.8) is 0 Å². The summed E-state index contributed by atoms with van der Waals surface area (Å²) in [6.07, 6.45) is 4.42. The molecule has 0 radical (unpaired) electrons. The minimum absolute atomic E-state index is 0.293. The molecule has 98 valence electrons. The number of benzene rings is 1. The van der Waals surface area contributed by atoms with Crippen LogP contribution >= 0.6 is 0 Å². The van der Waals surface area contributed by atoms with Crippen LogP contribution in [0, 0.1) is 0 Å². The van der Waals surface area contributed by atoms with Crippen LogP contribution in [-0.2, 0) is 24.1 Å². The maximum atomic E-state index is 11.4. The third-order valence-corrected chi connectivity index (χ3v) is 3.41. The Morgan fingerprint density at radius 3 is 2.94 bits per heavy atom. The number of nitrogens with two attached hydrogens (primary N) is 1. The number of carbonyl (C=O) groups excluding carboxylic acids is 1. The lowest BCUT2D eigenvalue weighted by atomic mass is 10.0. The number of nitrogens with one attached hydrogen (secondary N) is 1. The number of carbonyl (C=O) groups is 1. The van der Waals surface area contributed by atoms with Crippen LogP contribution in [0.25, 0.3) is 0 Å². The molecule has 1 aliphatic rings. The molecule has 0 saturated heterocycles. The molecule has 18 heavy (non-hydrogen) atoms. The summed E-state index contributed by atoms with van der Waals surface area (Å²) in [4.78, 5) is 11.4. The van der Waals surface area contributed by atoms with E-state index in [0.29, 0.717) is 6.54 Å². The summed E-state index contributed by atoms with van der Waals surface area (Å²) in [5, 5.41) is 11.5. The SMILES string of the molecule is NC(CO)C(=O)NCCc1ccc2c(c1)CCC2. The number of hydrogen-bond donors (Lipinski definition) is 3. The van der Waals surface area contributed by atoms with Crippen LogP contribution in [0.5, 0.6) is 0 Å². The molecular weight excluding hydrogens is 228 g/mol. The van der Waals surface area contributed by atoms with Gasteiger partial charge in [-0.1, -0.05) is 18.2 Å². The van der Waals surface area contributed by atoms with E-state index in [4.69, 9.17) is 10.8 Å². The summed E-state index contributed by atoms with van der Waals surface area (Å²) in [5.41, 5.74) is 9.56. The van der Waals surface area contributed by atoms with Gasteiger partial charge in [0.1, 0.15) is 6.04 Å². The van der Waals surface area contributed by atoms with Gasteiger partial charge in [0.15, 0.2) is 0 Å². The van der Waals surface area contributed by atoms with Crippen LogP contribution in [0.3, 0.4) is 0 Å². The Labute approximate surface area is 107 Å². The monoisotopic (exact) mass is 248 g/mol. The molecule has 1 amide bonds. The first-order valence-corrected chi connectivity index (χ1v) is 6.45. The average Bonchev–Trinajstić information content (AvgIpc) is 2.85. The Morgan fingerprint density at radius 2 is 2.17 bits per heavy atom. The molecule has 4 nitrogen and oxygen atoms in total. The van der Waals surface area contributed by atoms with E-state index in [-0.39, 0.29) is 12.5 Å². The fourth-order valence-electron chi connectivity index (χ4n) is 2.32. The summed E-state index contributed by atoms with van der Waals surface area (Å²) in [5.74, 6) is -0.293.